The van der Waals surface area contributed by atoms with Gasteiger partial charge in [0, 0.05) is 6.42 Å². The topological polar surface area (TPSA) is 50.4 Å². The number of amides is 1. The Balaban J connectivity index is 0.00000312. The third-order valence-electron chi connectivity index (χ3n) is 5.11. The highest BCUT2D eigenvalue weighted by Gasteiger charge is 2.24. The van der Waals surface area contributed by atoms with Crippen molar-refractivity contribution in [2.45, 2.75) is 46.1 Å². The van der Waals surface area contributed by atoms with Crippen LogP contribution < -0.4 is 15.4 Å². The number of methoxy groups -OCH3 is 1. The minimum Gasteiger partial charge on any atom is -0.497 e. The lowest BCUT2D eigenvalue weighted by Gasteiger charge is -2.29. The monoisotopic (exact) mass is 368 g/mol. The number of ether oxygens (including phenoxy) is 1. The van der Waals surface area contributed by atoms with Crippen molar-refractivity contribution in [1.29, 1.82) is 0 Å². The molecule has 2 rings (SSSR count). The molecule has 0 bridgehead atoms. The van der Waals surface area contributed by atoms with Crippen LogP contribution in [0.2, 0.25) is 0 Å². The summed E-state index contributed by atoms with van der Waals surface area (Å²) < 4.78 is 5.22. The normalized spacial score (nSPS) is 19.6. The van der Waals surface area contributed by atoms with Crippen molar-refractivity contribution in [3.8, 4) is 5.75 Å². The first-order valence-electron chi connectivity index (χ1n) is 9.15. The number of rotatable bonds is 7. The molecule has 0 saturated carbocycles. The Morgan fingerprint density at radius 1 is 1.28 bits per heavy atom. The Bertz CT molecular complexity index is 513. The van der Waals surface area contributed by atoms with E-state index in [-0.39, 0.29) is 24.4 Å². The summed E-state index contributed by atoms with van der Waals surface area (Å²) in [7, 11) is 1.66. The lowest BCUT2D eigenvalue weighted by molar-refractivity contribution is -0.123. The van der Waals surface area contributed by atoms with Gasteiger partial charge in [0.15, 0.2) is 0 Å². The first-order valence-corrected chi connectivity index (χ1v) is 9.15. The summed E-state index contributed by atoms with van der Waals surface area (Å²) in [5.41, 5.74) is 1.13. The second-order valence-electron chi connectivity index (χ2n) is 7.35. The van der Waals surface area contributed by atoms with Crippen LogP contribution in [0, 0.1) is 17.8 Å². The molecule has 3 unspecified atom stereocenters. The fourth-order valence-corrected chi connectivity index (χ4v) is 3.50. The smallest absolute Gasteiger partial charge is 0.220 e. The molecule has 25 heavy (non-hydrogen) atoms. The summed E-state index contributed by atoms with van der Waals surface area (Å²) in [6, 6.07) is 8.02. The van der Waals surface area contributed by atoms with E-state index >= 15 is 0 Å². The van der Waals surface area contributed by atoms with Crippen LogP contribution in [-0.2, 0) is 4.79 Å². The Labute approximate surface area is 158 Å². The van der Waals surface area contributed by atoms with E-state index in [4.69, 9.17) is 4.74 Å². The molecule has 4 nitrogen and oxygen atoms in total. The van der Waals surface area contributed by atoms with Gasteiger partial charge < -0.3 is 15.4 Å². The molecule has 1 aliphatic rings. The van der Waals surface area contributed by atoms with Crippen LogP contribution >= 0.6 is 12.4 Å². The van der Waals surface area contributed by atoms with Gasteiger partial charge in [-0.05, 0) is 61.4 Å². The summed E-state index contributed by atoms with van der Waals surface area (Å²) >= 11 is 0. The Morgan fingerprint density at radius 2 is 1.96 bits per heavy atom. The maximum absolute atomic E-state index is 12.6. The molecule has 1 fully saturated rings. The number of halogens is 1. The van der Waals surface area contributed by atoms with E-state index in [1.807, 2.05) is 24.3 Å². The molecule has 3 atom stereocenters. The number of hydrogen-bond acceptors (Lipinski definition) is 3. The fourth-order valence-electron chi connectivity index (χ4n) is 3.50. The van der Waals surface area contributed by atoms with Crippen molar-refractivity contribution < 1.29 is 9.53 Å². The van der Waals surface area contributed by atoms with Crippen LogP contribution in [0.1, 0.15) is 51.6 Å². The molecular formula is C20H33ClN2O2. The Kier molecular flexibility index (Phi) is 9.30. The van der Waals surface area contributed by atoms with Crippen molar-refractivity contribution in [2.75, 3.05) is 20.2 Å². The lowest BCUT2D eigenvalue weighted by Crippen LogP contribution is -2.37. The van der Waals surface area contributed by atoms with E-state index in [2.05, 4.69) is 31.4 Å². The zero-order valence-electron chi connectivity index (χ0n) is 15.9. The summed E-state index contributed by atoms with van der Waals surface area (Å²) in [6.45, 7) is 8.64. The van der Waals surface area contributed by atoms with Crippen LogP contribution in [0.5, 0.6) is 5.75 Å². The van der Waals surface area contributed by atoms with Gasteiger partial charge in [0.05, 0.1) is 13.2 Å². The summed E-state index contributed by atoms with van der Waals surface area (Å²) in [5, 5.41) is 6.68. The first-order chi connectivity index (χ1) is 11.5. The van der Waals surface area contributed by atoms with Gasteiger partial charge in [-0.3, -0.25) is 4.79 Å². The first kappa shape index (κ1) is 21.8. The molecule has 1 aliphatic heterocycles. The van der Waals surface area contributed by atoms with Crippen LogP contribution in [0.25, 0.3) is 0 Å². The van der Waals surface area contributed by atoms with Crippen molar-refractivity contribution in [2.24, 2.45) is 17.8 Å². The quantitative estimate of drug-likeness (QED) is 0.766. The fraction of sp³-hybridized carbons (Fsp3) is 0.650. The number of benzene rings is 1. The molecule has 0 aliphatic carbocycles. The summed E-state index contributed by atoms with van der Waals surface area (Å²) in [5.74, 6) is 2.37. The second-order valence-corrected chi connectivity index (χ2v) is 7.35. The third-order valence-corrected chi connectivity index (χ3v) is 5.11. The molecule has 142 valence electrons. The van der Waals surface area contributed by atoms with Gasteiger partial charge in [0.1, 0.15) is 5.75 Å². The maximum atomic E-state index is 12.6. The number of carbonyl (C=O) groups excluding carboxylic acids is 1. The van der Waals surface area contributed by atoms with E-state index in [1.54, 1.807) is 7.11 Å². The van der Waals surface area contributed by atoms with E-state index in [0.717, 1.165) is 24.4 Å². The highest BCUT2D eigenvalue weighted by Crippen LogP contribution is 2.26. The average molecular weight is 369 g/mol. The average Bonchev–Trinajstić information content (AvgIpc) is 2.60. The molecule has 0 radical (unpaired) electrons. The lowest BCUT2D eigenvalue weighted by atomic mass is 9.85. The number of carbonyl (C=O) groups is 1. The minimum absolute atomic E-state index is 0. The van der Waals surface area contributed by atoms with Crippen molar-refractivity contribution >= 4 is 18.3 Å². The Hall–Kier alpha value is -1.26. The van der Waals surface area contributed by atoms with E-state index in [1.165, 1.54) is 12.8 Å². The standard InChI is InChI=1S/C20H32N2O2.ClH/c1-14(2)20(16-7-9-18(24-4)10-8-16)22-19(23)12-15(3)17-6-5-11-21-13-17;/h7-10,14-15,17,20-21H,5-6,11-13H2,1-4H3,(H,22,23);1H. The van der Waals surface area contributed by atoms with E-state index in [9.17, 15) is 4.79 Å². The zero-order chi connectivity index (χ0) is 17.5. The highest BCUT2D eigenvalue weighted by molar-refractivity contribution is 5.85. The van der Waals surface area contributed by atoms with Gasteiger partial charge in [-0.1, -0.05) is 32.9 Å². The van der Waals surface area contributed by atoms with E-state index < -0.39 is 0 Å². The molecule has 1 heterocycles. The summed E-state index contributed by atoms with van der Waals surface area (Å²) in [4.78, 5) is 12.6. The molecule has 0 aromatic heterocycles. The Morgan fingerprint density at radius 3 is 2.48 bits per heavy atom. The van der Waals surface area contributed by atoms with Crippen LogP contribution in [-0.4, -0.2) is 26.1 Å². The van der Waals surface area contributed by atoms with E-state index in [0.29, 0.717) is 24.2 Å². The van der Waals surface area contributed by atoms with Gasteiger partial charge in [0.2, 0.25) is 5.91 Å². The third kappa shape index (κ3) is 6.52. The van der Waals surface area contributed by atoms with Gasteiger partial charge in [-0.15, -0.1) is 12.4 Å². The predicted octanol–water partition coefficient (Wildman–Crippen LogP) is 3.96. The predicted molar refractivity (Wildman–Crippen MR) is 105 cm³/mol. The van der Waals surface area contributed by atoms with Crippen LogP contribution in [0.15, 0.2) is 24.3 Å². The minimum atomic E-state index is 0. The van der Waals surface area contributed by atoms with Gasteiger partial charge in [-0.2, -0.15) is 0 Å². The molecule has 1 aromatic carbocycles. The number of hydrogen-bond donors (Lipinski definition) is 2. The molecule has 2 N–H and O–H groups in total. The van der Waals surface area contributed by atoms with Crippen molar-refractivity contribution in [3.05, 3.63) is 29.8 Å². The van der Waals surface area contributed by atoms with Crippen LogP contribution in [0.3, 0.4) is 0 Å². The largest absolute Gasteiger partial charge is 0.497 e. The second kappa shape index (κ2) is 10.7. The van der Waals surface area contributed by atoms with Crippen LogP contribution in [0.4, 0.5) is 0 Å². The van der Waals surface area contributed by atoms with Crippen molar-refractivity contribution in [3.63, 3.8) is 0 Å². The van der Waals surface area contributed by atoms with Crippen molar-refractivity contribution in [1.82, 2.24) is 10.6 Å². The molecule has 0 spiro atoms. The summed E-state index contributed by atoms with van der Waals surface area (Å²) in [6.07, 6.45) is 3.05. The number of nitrogens with one attached hydrogen (secondary N) is 2. The van der Waals surface area contributed by atoms with Gasteiger partial charge in [0.25, 0.3) is 0 Å². The van der Waals surface area contributed by atoms with Gasteiger partial charge in [-0.25, -0.2) is 0 Å². The zero-order valence-corrected chi connectivity index (χ0v) is 16.7. The molecular weight excluding hydrogens is 336 g/mol. The molecule has 1 aromatic rings. The molecule has 1 saturated heterocycles. The highest BCUT2D eigenvalue weighted by atomic mass is 35.5. The van der Waals surface area contributed by atoms with Gasteiger partial charge >= 0.3 is 0 Å². The molecule has 1 amide bonds. The molecule has 5 heteroatoms. The number of piperidine rings is 1. The SMILES string of the molecule is COc1ccc(C(NC(=O)CC(C)C2CCCNC2)C(C)C)cc1.Cl. The maximum Gasteiger partial charge on any atom is 0.220 e.